The summed E-state index contributed by atoms with van der Waals surface area (Å²) < 4.78 is 0. The lowest BCUT2D eigenvalue weighted by Gasteiger charge is -2.31. The summed E-state index contributed by atoms with van der Waals surface area (Å²) in [6.07, 6.45) is 7.64. The van der Waals surface area contributed by atoms with E-state index in [9.17, 15) is 9.90 Å². The molecule has 2 N–H and O–H groups in total. The number of nitrogens with one attached hydrogen (secondary N) is 1. The van der Waals surface area contributed by atoms with Gasteiger partial charge in [-0.2, -0.15) is 0 Å². The van der Waals surface area contributed by atoms with Gasteiger partial charge in [-0.05, 0) is 31.1 Å². The van der Waals surface area contributed by atoms with E-state index < -0.39 is 5.60 Å². The van der Waals surface area contributed by atoms with Gasteiger partial charge in [-0.3, -0.25) is 4.79 Å². The van der Waals surface area contributed by atoms with Crippen molar-refractivity contribution in [2.75, 3.05) is 6.54 Å². The van der Waals surface area contributed by atoms with Crippen molar-refractivity contribution in [1.29, 1.82) is 0 Å². The van der Waals surface area contributed by atoms with Gasteiger partial charge < -0.3 is 10.4 Å². The van der Waals surface area contributed by atoms with Crippen molar-refractivity contribution in [2.24, 2.45) is 0 Å². The van der Waals surface area contributed by atoms with E-state index in [0.717, 1.165) is 32.1 Å². The number of rotatable bonds is 4. The predicted octanol–water partition coefficient (Wildman–Crippen LogP) is 3.82. The van der Waals surface area contributed by atoms with Crippen molar-refractivity contribution >= 4 is 35.2 Å². The first-order chi connectivity index (χ1) is 10.0. The van der Waals surface area contributed by atoms with Crippen LogP contribution in [0, 0.1) is 0 Å². The number of aliphatic hydroxyl groups is 1. The molecule has 114 valence electrons. The van der Waals surface area contributed by atoms with Crippen molar-refractivity contribution in [2.45, 2.75) is 37.7 Å². The first-order valence-electron chi connectivity index (χ1n) is 7.12. The number of benzene rings is 1. The van der Waals surface area contributed by atoms with E-state index in [1.807, 2.05) is 0 Å². The molecular weight excluding hydrogens is 309 g/mol. The van der Waals surface area contributed by atoms with E-state index in [2.05, 4.69) is 5.32 Å². The van der Waals surface area contributed by atoms with E-state index >= 15 is 0 Å². The fourth-order valence-corrected chi connectivity index (χ4v) is 3.05. The molecule has 1 aliphatic rings. The number of hydrogen-bond acceptors (Lipinski definition) is 2. The molecule has 5 heteroatoms. The molecule has 1 aromatic rings. The normalized spacial score (nSPS) is 17.9. The van der Waals surface area contributed by atoms with Gasteiger partial charge in [-0.25, -0.2) is 0 Å². The largest absolute Gasteiger partial charge is 0.388 e. The third-order valence-corrected chi connectivity index (χ3v) is 4.44. The maximum absolute atomic E-state index is 11.8. The quantitative estimate of drug-likeness (QED) is 0.826. The lowest BCUT2D eigenvalue weighted by Crippen LogP contribution is -2.43. The average Bonchev–Trinajstić information content (AvgIpc) is 2.45. The molecule has 3 nitrogen and oxygen atoms in total. The minimum atomic E-state index is -0.760. The van der Waals surface area contributed by atoms with Crippen LogP contribution >= 0.6 is 23.2 Å². The number of carbonyl (C=O) groups excluding carboxylic acids is 1. The molecule has 0 spiro atoms. The van der Waals surface area contributed by atoms with Crippen LogP contribution in [0.25, 0.3) is 6.08 Å². The van der Waals surface area contributed by atoms with Crippen LogP contribution in [-0.2, 0) is 4.79 Å². The van der Waals surface area contributed by atoms with Crippen LogP contribution in [0.3, 0.4) is 0 Å². The molecule has 0 heterocycles. The van der Waals surface area contributed by atoms with Gasteiger partial charge in [0.25, 0.3) is 0 Å². The molecule has 0 atom stereocenters. The third-order valence-electron chi connectivity index (χ3n) is 3.78. The fraction of sp³-hybridized carbons (Fsp3) is 0.438. The van der Waals surface area contributed by atoms with Crippen molar-refractivity contribution < 1.29 is 9.90 Å². The zero-order valence-electron chi connectivity index (χ0n) is 11.7. The molecule has 1 fully saturated rings. The van der Waals surface area contributed by atoms with Crippen LogP contribution in [0.2, 0.25) is 10.0 Å². The Morgan fingerprint density at radius 2 is 1.86 bits per heavy atom. The molecule has 1 aliphatic carbocycles. The molecule has 0 unspecified atom stereocenters. The van der Waals surface area contributed by atoms with Gasteiger partial charge in [-0.15, -0.1) is 0 Å². The van der Waals surface area contributed by atoms with Crippen molar-refractivity contribution in [3.63, 3.8) is 0 Å². The highest BCUT2D eigenvalue weighted by Crippen LogP contribution is 2.27. The lowest BCUT2D eigenvalue weighted by atomic mass is 9.85. The van der Waals surface area contributed by atoms with Crippen molar-refractivity contribution in [3.05, 3.63) is 39.9 Å². The highest BCUT2D eigenvalue weighted by molar-refractivity contribution is 6.37. The smallest absolute Gasteiger partial charge is 0.244 e. The van der Waals surface area contributed by atoms with Gasteiger partial charge in [0.1, 0.15) is 0 Å². The fourth-order valence-electron chi connectivity index (χ4n) is 2.53. The maximum atomic E-state index is 11.8. The Kier molecular flexibility index (Phi) is 5.68. The van der Waals surface area contributed by atoms with Crippen LogP contribution in [0.1, 0.15) is 37.7 Å². The van der Waals surface area contributed by atoms with Crippen molar-refractivity contribution in [3.8, 4) is 0 Å². The Bertz CT molecular complexity index is 517. The molecular formula is C16H19Cl2NO2. The lowest BCUT2D eigenvalue weighted by molar-refractivity contribution is -0.118. The second-order valence-electron chi connectivity index (χ2n) is 5.47. The van der Waals surface area contributed by atoms with Gasteiger partial charge in [0.05, 0.1) is 5.60 Å². The monoisotopic (exact) mass is 327 g/mol. The maximum Gasteiger partial charge on any atom is 0.244 e. The predicted molar refractivity (Wildman–Crippen MR) is 86.5 cm³/mol. The molecule has 0 aliphatic heterocycles. The Hall–Kier alpha value is -1.03. The minimum Gasteiger partial charge on any atom is -0.388 e. The van der Waals surface area contributed by atoms with Gasteiger partial charge in [0.2, 0.25) is 5.91 Å². The molecule has 1 saturated carbocycles. The van der Waals surface area contributed by atoms with E-state index in [4.69, 9.17) is 23.2 Å². The molecule has 21 heavy (non-hydrogen) atoms. The highest BCUT2D eigenvalue weighted by Gasteiger charge is 2.29. The van der Waals surface area contributed by atoms with Gasteiger partial charge in [-0.1, -0.05) is 48.5 Å². The standard InChI is InChI=1S/C16H19Cl2NO2/c17-13-5-4-6-14(18)12(13)7-8-15(20)19-11-16(21)9-2-1-3-10-16/h4-8,21H,1-3,9-11H2,(H,19,20). The summed E-state index contributed by atoms with van der Waals surface area (Å²) >= 11 is 12.1. The van der Waals surface area contributed by atoms with Gasteiger partial charge >= 0.3 is 0 Å². The molecule has 0 aromatic heterocycles. The van der Waals surface area contributed by atoms with E-state index in [1.54, 1.807) is 24.3 Å². The zero-order chi connectivity index (χ0) is 15.3. The first kappa shape index (κ1) is 16.3. The Labute approximate surface area is 134 Å². The summed E-state index contributed by atoms with van der Waals surface area (Å²) in [4.78, 5) is 11.8. The van der Waals surface area contributed by atoms with Crippen LogP contribution in [0.5, 0.6) is 0 Å². The van der Waals surface area contributed by atoms with E-state index in [0.29, 0.717) is 15.6 Å². The number of halogens is 2. The summed E-state index contributed by atoms with van der Waals surface area (Å²) in [5, 5.41) is 14.0. The topological polar surface area (TPSA) is 49.3 Å². The summed E-state index contributed by atoms with van der Waals surface area (Å²) in [6, 6.07) is 5.19. The Morgan fingerprint density at radius 3 is 2.48 bits per heavy atom. The summed E-state index contributed by atoms with van der Waals surface area (Å²) in [5.74, 6) is -0.259. The first-order valence-corrected chi connectivity index (χ1v) is 7.88. The second-order valence-corrected chi connectivity index (χ2v) is 6.29. The highest BCUT2D eigenvalue weighted by atomic mass is 35.5. The number of carbonyl (C=O) groups is 1. The summed E-state index contributed by atoms with van der Waals surface area (Å²) in [7, 11) is 0. The van der Waals surface area contributed by atoms with Crippen LogP contribution < -0.4 is 5.32 Å². The molecule has 1 aromatic carbocycles. The molecule has 0 saturated heterocycles. The zero-order valence-corrected chi connectivity index (χ0v) is 13.3. The minimum absolute atomic E-state index is 0.259. The van der Waals surface area contributed by atoms with Crippen LogP contribution in [-0.4, -0.2) is 23.2 Å². The molecule has 0 bridgehead atoms. The third kappa shape index (κ3) is 4.73. The summed E-state index contributed by atoms with van der Waals surface area (Å²) in [5.41, 5.74) is -0.142. The van der Waals surface area contributed by atoms with E-state index in [-0.39, 0.29) is 12.5 Å². The van der Waals surface area contributed by atoms with Crippen LogP contribution in [0.4, 0.5) is 0 Å². The Morgan fingerprint density at radius 1 is 1.24 bits per heavy atom. The number of hydrogen-bond donors (Lipinski definition) is 2. The van der Waals surface area contributed by atoms with E-state index in [1.165, 1.54) is 6.08 Å². The second kappa shape index (κ2) is 7.30. The summed E-state index contributed by atoms with van der Waals surface area (Å²) in [6.45, 7) is 0.284. The molecule has 0 radical (unpaired) electrons. The van der Waals surface area contributed by atoms with Gasteiger partial charge in [0, 0.05) is 28.2 Å². The SMILES string of the molecule is O=C(C=Cc1c(Cl)cccc1Cl)NCC1(O)CCCCC1. The van der Waals surface area contributed by atoms with Crippen molar-refractivity contribution in [1.82, 2.24) is 5.32 Å². The molecule has 2 rings (SSSR count). The van der Waals surface area contributed by atoms with Crippen LogP contribution in [0.15, 0.2) is 24.3 Å². The molecule has 1 amide bonds. The van der Waals surface area contributed by atoms with Gasteiger partial charge in [0.15, 0.2) is 0 Å². The average molecular weight is 328 g/mol. The Balaban J connectivity index is 1.91. The number of amides is 1.